The number of hydrogen-bond acceptors (Lipinski definition) is 4. The van der Waals surface area contributed by atoms with Gasteiger partial charge in [-0.25, -0.2) is 8.42 Å². The first-order chi connectivity index (χ1) is 20.0. The van der Waals surface area contributed by atoms with Gasteiger partial charge in [0.2, 0.25) is 11.8 Å². The number of rotatable bonds is 10. The Hall–Kier alpha value is -2.78. The number of anilines is 1. The lowest BCUT2D eigenvalue weighted by molar-refractivity contribution is -0.139. The number of nitrogens with zero attached hydrogens (tertiary/aromatic N) is 2. The first-order valence-corrected chi connectivity index (χ1v) is 16.4. The molecule has 1 aliphatic carbocycles. The molecule has 224 valence electrons. The van der Waals surface area contributed by atoms with Gasteiger partial charge in [0.1, 0.15) is 12.6 Å². The van der Waals surface area contributed by atoms with Gasteiger partial charge in [-0.05, 0) is 68.7 Å². The number of halogens is 3. The van der Waals surface area contributed by atoms with Gasteiger partial charge in [0.25, 0.3) is 10.0 Å². The van der Waals surface area contributed by atoms with Crippen LogP contribution in [0.3, 0.4) is 0 Å². The van der Waals surface area contributed by atoms with Crippen LogP contribution < -0.4 is 9.62 Å². The molecule has 0 spiro atoms. The summed E-state index contributed by atoms with van der Waals surface area (Å²) in [6.45, 7) is 2.92. The first-order valence-electron chi connectivity index (χ1n) is 13.8. The van der Waals surface area contributed by atoms with E-state index in [4.69, 9.17) is 34.8 Å². The smallest absolute Gasteiger partial charge is 0.264 e. The monoisotopic (exact) mass is 649 g/mol. The maximum Gasteiger partial charge on any atom is 0.264 e. The number of amides is 2. The average molecular weight is 651 g/mol. The Labute approximate surface area is 262 Å². The Morgan fingerprint density at radius 1 is 0.952 bits per heavy atom. The van der Waals surface area contributed by atoms with Crippen LogP contribution in [0.1, 0.15) is 50.2 Å². The second kappa shape index (κ2) is 14.1. The third-order valence-electron chi connectivity index (χ3n) is 7.45. The molecular weight excluding hydrogens is 617 g/mol. The zero-order valence-electron chi connectivity index (χ0n) is 23.5. The normalized spacial score (nSPS) is 14.7. The molecule has 0 aromatic heterocycles. The van der Waals surface area contributed by atoms with Gasteiger partial charge in [-0.2, -0.15) is 0 Å². The fraction of sp³-hybridized carbons (Fsp3) is 0.355. The van der Waals surface area contributed by atoms with Crippen molar-refractivity contribution in [3.05, 3.63) is 92.9 Å². The molecule has 0 unspecified atom stereocenters. The van der Waals surface area contributed by atoms with Crippen molar-refractivity contribution in [3.63, 3.8) is 0 Å². The van der Waals surface area contributed by atoms with Crippen LogP contribution in [0.5, 0.6) is 0 Å². The minimum Gasteiger partial charge on any atom is -0.352 e. The van der Waals surface area contributed by atoms with Crippen LogP contribution in [-0.2, 0) is 26.2 Å². The molecule has 1 aliphatic rings. The summed E-state index contributed by atoms with van der Waals surface area (Å²) in [6, 6.07) is 17.0. The van der Waals surface area contributed by atoms with Gasteiger partial charge in [-0.3, -0.25) is 13.9 Å². The zero-order chi connectivity index (χ0) is 30.4. The highest BCUT2D eigenvalue weighted by molar-refractivity contribution is 7.92. The van der Waals surface area contributed by atoms with E-state index in [0.717, 1.165) is 42.0 Å². The Bertz CT molecular complexity index is 1530. The van der Waals surface area contributed by atoms with E-state index < -0.39 is 28.5 Å². The summed E-state index contributed by atoms with van der Waals surface area (Å²) >= 11 is 19.0. The topological polar surface area (TPSA) is 86.8 Å². The first kappa shape index (κ1) is 32.1. The molecule has 0 bridgehead atoms. The van der Waals surface area contributed by atoms with Crippen LogP contribution in [0.15, 0.2) is 71.6 Å². The number of hydrogen-bond donors (Lipinski definition) is 1. The molecule has 1 fully saturated rings. The van der Waals surface area contributed by atoms with E-state index >= 15 is 0 Å². The standard InChI is InChI=1S/C31H34Cl3N3O4S/c1-21-14-16-26(17-15-21)42(40,41)37(28-13-7-12-27(33)30(28)34)20-29(38)36(19-23-8-6-9-24(32)18-23)22(2)31(39)35-25-10-4-3-5-11-25/h6-9,12-18,22,25H,3-5,10-11,19-20H2,1-2H3,(H,35,39)/t22-/m0/s1. The minimum atomic E-state index is -4.27. The van der Waals surface area contributed by atoms with Crippen molar-refractivity contribution in [2.75, 3.05) is 10.8 Å². The number of nitrogens with one attached hydrogen (secondary N) is 1. The molecule has 3 aromatic carbocycles. The molecule has 1 saturated carbocycles. The lowest BCUT2D eigenvalue weighted by Gasteiger charge is -2.33. The van der Waals surface area contributed by atoms with E-state index in [9.17, 15) is 18.0 Å². The summed E-state index contributed by atoms with van der Waals surface area (Å²) in [6.07, 6.45) is 4.99. The van der Waals surface area contributed by atoms with Gasteiger partial charge >= 0.3 is 0 Å². The molecule has 7 nitrogen and oxygen atoms in total. The second-order valence-electron chi connectivity index (χ2n) is 10.6. The molecule has 1 N–H and O–H groups in total. The van der Waals surface area contributed by atoms with Gasteiger partial charge in [0, 0.05) is 17.6 Å². The van der Waals surface area contributed by atoms with Crippen molar-refractivity contribution in [1.29, 1.82) is 0 Å². The van der Waals surface area contributed by atoms with Gasteiger partial charge in [0.15, 0.2) is 0 Å². The molecule has 0 heterocycles. The summed E-state index contributed by atoms with van der Waals surface area (Å²) in [5, 5.41) is 3.70. The summed E-state index contributed by atoms with van der Waals surface area (Å²) < 4.78 is 28.9. The van der Waals surface area contributed by atoms with E-state index in [1.165, 1.54) is 29.2 Å². The largest absolute Gasteiger partial charge is 0.352 e. The molecule has 2 amide bonds. The van der Waals surface area contributed by atoms with Gasteiger partial charge < -0.3 is 10.2 Å². The van der Waals surface area contributed by atoms with Crippen molar-refractivity contribution in [1.82, 2.24) is 10.2 Å². The number of benzene rings is 3. The van der Waals surface area contributed by atoms with Gasteiger partial charge in [0.05, 0.1) is 20.6 Å². The fourth-order valence-corrected chi connectivity index (χ4v) is 7.11. The highest BCUT2D eigenvalue weighted by Gasteiger charge is 2.34. The lowest BCUT2D eigenvalue weighted by atomic mass is 9.95. The summed E-state index contributed by atoms with van der Waals surface area (Å²) in [5.41, 5.74) is 1.63. The maximum atomic E-state index is 14.1. The quantitative estimate of drug-likeness (QED) is 0.256. The van der Waals surface area contributed by atoms with E-state index in [-0.39, 0.29) is 39.1 Å². The maximum absolute atomic E-state index is 14.1. The van der Waals surface area contributed by atoms with Crippen LogP contribution in [0, 0.1) is 6.92 Å². The SMILES string of the molecule is Cc1ccc(S(=O)(=O)N(CC(=O)N(Cc2cccc(Cl)c2)[C@@H](C)C(=O)NC2CCCCC2)c2cccc(Cl)c2Cl)cc1. The average Bonchev–Trinajstić information content (AvgIpc) is 2.96. The summed E-state index contributed by atoms with van der Waals surface area (Å²) in [7, 11) is -4.27. The fourth-order valence-electron chi connectivity index (χ4n) is 5.02. The Morgan fingerprint density at radius 3 is 2.29 bits per heavy atom. The molecule has 0 aliphatic heterocycles. The van der Waals surface area contributed by atoms with Crippen molar-refractivity contribution < 1.29 is 18.0 Å². The number of aryl methyl sites for hydroxylation is 1. The van der Waals surface area contributed by atoms with Crippen LogP contribution in [-0.4, -0.2) is 43.8 Å². The minimum absolute atomic E-state index is 0.00728. The van der Waals surface area contributed by atoms with Crippen molar-refractivity contribution in [2.24, 2.45) is 0 Å². The Kier molecular flexibility index (Phi) is 10.8. The third kappa shape index (κ3) is 7.78. The molecule has 42 heavy (non-hydrogen) atoms. The van der Waals surface area contributed by atoms with Crippen LogP contribution in [0.4, 0.5) is 5.69 Å². The Balaban J connectivity index is 1.71. The number of sulfonamides is 1. The lowest BCUT2D eigenvalue weighted by Crippen LogP contribution is -2.53. The second-order valence-corrected chi connectivity index (χ2v) is 13.7. The van der Waals surface area contributed by atoms with Crippen molar-refractivity contribution >= 4 is 62.3 Å². The van der Waals surface area contributed by atoms with Crippen molar-refractivity contribution in [2.45, 2.75) is 69.5 Å². The summed E-state index contributed by atoms with van der Waals surface area (Å²) in [5.74, 6) is -0.890. The van der Waals surface area contributed by atoms with Gasteiger partial charge in [-0.1, -0.05) is 90.0 Å². The molecule has 1 atom stereocenters. The number of carbonyl (C=O) groups is 2. The van der Waals surface area contributed by atoms with E-state index in [1.807, 2.05) is 6.92 Å². The van der Waals surface area contributed by atoms with Crippen LogP contribution >= 0.6 is 34.8 Å². The van der Waals surface area contributed by atoms with E-state index in [0.29, 0.717) is 10.6 Å². The molecular formula is C31H34Cl3N3O4S. The van der Waals surface area contributed by atoms with Gasteiger partial charge in [-0.15, -0.1) is 0 Å². The highest BCUT2D eigenvalue weighted by Crippen LogP contribution is 2.35. The molecule has 3 aromatic rings. The van der Waals surface area contributed by atoms with Crippen LogP contribution in [0.25, 0.3) is 0 Å². The highest BCUT2D eigenvalue weighted by atomic mass is 35.5. The van der Waals surface area contributed by atoms with E-state index in [1.54, 1.807) is 49.4 Å². The molecule has 11 heteroatoms. The predicted octanol–water partition coefficient (Wildman–Crippen LogP) is 7.02. The van der Waals surface area contributed by atoms with Crippen molar-refractivity contribution in [3.8, 4) is 0 Å². The van der Waals surface area contributed by atoms with Crippen LogP contribution in [0.2, 0.25) is 15.1 Å². The zero-order valence-corrected chi connectivity index (χ0v) is 26.6. The predicted molar refractivity (Wildman–Crippen MR) is 169 cm³/mol. The number of carbonyl (C=O) groups excluding carboxylic acids is 2. The Morgan fingerprint density at radius 2 is 1.62 bits per heavy atom. The summed E-state index contributed by atoms with van der Waals surface area (Å²) in [4.78, 5) is 28.9. The molecule has 0 saturated heterocycles. The third-order valence-corrected chi connectivity index (χ3v) is 10.3. The van der Waals surface area contributed by atoms with E-state index in [2.05, 4.69) is 5.32 Å². The molecule has 0 radical (unpaired) electrons. The molecule has 4 rings (SSSR count).